The quantitative estimate of drug-likeness (QED) is 0.173. The molecule has 0 aliphatic heterocycles. The van der Waals surface area contributed by atoms with Gasteiger partial charge in [0, 0.05) is 27.9 Å². The van der Waals surface area contributed by atoms with Crippen molar-refractivity contribution >= 4 is 44.6 Å². The first kappa shape index (κ1) is 29.5. The predicted molar refractivity (Wildman–Crippen MR) is 204 cm³/mol. The van der Waals surface area contributed by atoms with Crippen LogP contribution in [0.1, 0.15) is 18.7 Å². The Balaban J connectivity index is 1.19. The van der Waals surface area contributed by atoms with E-state index in [1.165, 1.54) is 5.56 Å². The van der Waals surface area contributed by atoms with E-state index in [0.717, 1.165) is 74.1 Å². The smallest absolute Gasteiger partial charge is 0.164 e. The van der Waals surface area contributed by atoms with Crippen molar-refractivity contribution < 1.29 is 4.42 Å². The highest BCUT2D eigenvalue weighted by Gasteiger charge is 2.21. The Hall–Kier alpha value is -6.59. The number of para-hydroxylation sites is 1. The molecule has 0 fully saturated rings. The van der Waals surface area contributed by atoms with Crippen molar-refractivity contribution in [2.45, 2.75) is 12.8 Å². The van der Waals surface area contributed by atoms with Crippen LogP contribution < -0.4 is 4.90 Å². The van der Waals surface area contributed by atoms with Gasteiger partial charge < -0.3 is 9.32 Å². The van der Waals surface area contributed by atoms with Crippen LogP contribution >= 0.6 is 0 Å². The van der Waals surface area contributed by atoms with Gasteiger partial charge in [-0.15, -0.1) is 0 Å². The van der Waals surface area contributed by atoms with E-state index in [4.69, 9.17) is 19.4 Å². The number of allylic oxidation sites excluding steroid dienone is 4. The lowest BCUT2D eigenvalue weighted by Gasteiger charge is -2.26. The number of benzene rings is 6. The summed E-state index contributed by atoms with van der Waals surface area (Å²) in [5, 5.41) is 2.07. The van der Waals surface area contributed by atoms with Gasteiger partial charge in [-0.05, 0) is 78.1 Å². The second-order valence-corrected chi connectivity index (χ2v) is 12.4. The Morgan fingerprint density at radius 1 is 0.500 bits per heavy atom. The fourth-order valence-electron chi connectivity index (χ4n) is 6.75. The molecule has 0 spiro atoms. The summed E-state index contributed by atoms with van der Waals surface area (Å²) in [6, 6.07) is 52.4. The van der Waals surface area contributed by atoms with Crippen LogP contribution in [0, 0.1) is 0 Å². The van der Waals surface area contributed by atoms with E-state index < -0.39 is 0 Å². The highest BCUT2D eigenvalue weighted by molar-refractivity contribution is 6.14. The van der Waals surface area contributed by atoms with E-state index in [2.05, 4.69) is 132 Å². The largest absolute Gasteiger partial charge is 0.456 e. The van der Waals surface area contributed by atoms with Gasteiger partial charge in [0.1, 0.15) is 11.2 Å². The molecule has 0 atom stereocenters. The minimum absolute atomic E-state index is 0.621. The number of aromatic nitrogens is 3. The zero-order chi connectivity index (χ0) is 33.3. The number of anilines is 3. The second-order valence-electron chi connectivity index (χ2n) is 12.4. The van der Waals surface area contributed by atoms with Crippen LogP contribution in [0.3, 0.4) is 0 Å². The lowest BCUT2D eigenvalue weighted by molar-refractivity contribution is 0.669. The van der Waals surface area contributed by atoms with Gasteiger partial charge in [-0.3, -0.25) is 0 Å². The highest BCUT2D eigenvalue weighted by Crippen LogP contribution is 2.44. The maximum Gasteiger partial charge on any atom is 0.164 e. The van der Waals surface area contributed by atoms with E-state index in [1.807, 2.05) is 42.5 Å². The van der Waals surface area contributed by atoms with Crippen molar-refractivity contribution in [3.63, 3.8) is 0 Å². The van der Waals surface area contributed by atoms with Crippen molar-refractivity contribution in [1.82, 2.24) is 15.0 Å². The summed E-state index contributed by atoms with van der Waals surface area (Å²) in [7, 11) is 0. The molecule has 5 heteroatoms. The van der Waals surface area contributed by atoms with Crippen LogP contribution in [0.15, 0.2) is 174 Å². The molecule has 1 aliphatic carbocycles. The molecule has 50 heavy (non-hydrogen) atoms. The topological polar surface area (TPSA) is 55.1 Å². The van der Waals surface area contributed by atoms with Crippen molar-refractivity contribution in [2.24, 2.45) is 0 Å². The van der Waals surface area contributed by atoms with Crippen LogP contribution in [0.5, 0.6) is 0 Å². The normalized spacial score (nSPS) is 12.7. The van der Waals surface area contributed by atoms with E-state index in [9.17, 15) is 0 Å². The molecule has 8 aromatic rings. The van der Waals surface area contributed by atoms with Gasteiger partial charge in [0.05, 0.1) is 11.1 Å². The second kappa shape index (κ2) is 12.8. The third-order valence-corrected chi connectivity index (χ3v) is 9.17. The molecular formula is C45H32N4O. The summed E-state index contributed by atoms with van der Waals surface area (Å²) >= 11 is 0. The van der Waals surface area contributed by atoms with Gasteiger partial charge in [0.25, 0.3) is 0 Å². The Morgan fingerprint density at radius 3 is 1.92 bits per heavy atom. The summed E-state index contributed by atoms with van der Waals surface area (Å²) in [5.74, 6) is 1.99. The summed E-state index contributed by atoms with van der Waals surface area (Å²) in [6.45, 7) is 0. The standard InChI is InChI=1S/C45H32N4O/c1-5-15-31(16-6-1)34-21-13-24-37(29-34)49(36-22-11-4-12-23-36)39-25-14-26-40-42(39)38-28-27-35(30-41(38)50-40)45-47-43(32-17-7-2-8-18-32)46-44(48-45)33-19-9-3-10-20-33/h1-9,11-19,21-30H,10,20H2. The molecular weight excluding hydrogens is 613 g/mol. The Labute approximate surface area is 290 Å². The van der Waals surface area contributed by atoms with Gasteiger partial charge in [-0.1, -0.05) is 121 Å². The average molecular weight is 645 g/mol. The fraction of sp³-hybridized carbons (Fsp3) is 0.0444. The molecule has 0 radical (unpaired) electrons. The van der Waals surface area contributed by atoms with Gasteiger partial charge in [0.2, 0.25) is 0 Å². The number of furan rings is 1. The van der Waals surface area contributed by atoms with Gasteiger partial charge in [-0.25, -0.2) is 15.0 Å². The molecule has 6 aromatic carbocycles. The number of hydrogen-bond donors (Lipinski definition) is 0. The van der Waals surface area contributed by atoms with Gasteiger partial charge >= 0.3 is 0 Å². The highest BCUT2D eigenvalue weighted by atomic mass is 16.3. The van der Waals surface area contributed by atoms with E-state index in [0.29, 0.717) is 17.5 Å². The van der Waals surface area contributed by atoms with E-state index >= 15 is 0 Å². The summed E-state index contributed by atoms with van der Waals surface area (Å²) in [5.41, 5.74) is 10.0. The first-order valence-corrected chi connectivity index (χ1v) is 16.9. The summed E-state index contributed by atoms with van der Waals surface area (Å²) in [4.78, 5) is 17.2. The first-order valence-electron chi connectivity index (χ1n) is 16.9. The maximum absolute atomic E-state index is 6.61. The van der Waals surface area contributed by atoms with Gasteiger partial charge in [0.15, 0.2) is 17.5 Å². The molecule has 1 aliphatic rings. The molecule has 5 nitrogen and oxygen atoms in total. The van der Waals surface area contributed by atoms with Crippen molar-refractivity contribution in [1.29, 1.82) is 0 Å². The number of fused-ring (bicyclic) bond motifs is 3. The predicted octanol–water partition coefficient (Wildman–Crippen LogP) is 12.0. The summed E-state index contributed by atoms with van der Waals surface area (Å²) < 4.78 is 6.61. The van der Waals surface area contributed by atoms with Crippen molar-refractivity contribution in [3.05, 3.63) is 176 Å². The zero-order valence-corrected chi connectivity index (χ0v) is 27.3. The molecule has 2 heterocycles. The lowest BCUT2D eigenvalue weighted by atomic mass is 10.0. The maximum atomic E-state index is 6.61. The van der Waals surface area contributed by atoms with Crippen LogP contribution in [0.4, 0.5) is 17.1 Å². The Kier molecular flexibility index (Phi) is 7.56. The third-order valence-electron chi connectivity index (χ3n) is 9.17. The SMILES string of the molecule is C1=CCCC(c2nc(-c3ccccc3)nc(-c3ccc4c(c3)oc3cccc(N(c5ccccc5)c5cccc(-c6ccccc6)c5)c34)n2)=C1. The Morgan fingerprint density at radius 2 is 1.16 bits per heavy atom. The summed E-state index contributed by atoms with van der Waals surface area (Å²) in [6.07, 6.45) is 8.23. The van der Waals surface area contributed by atoms with Gasteiger partial charge in [-0.2, -0.15) is 0 Å². The van der Waals surface area contributed by atoms with Crippen molar-refractivity contribution in [2.75, 3.05) is 4.90 Å². The molecule has 238 valence electrons. The van der Waals surface area contributed by atoms with Crippen LogP contribution in [0.2, 0.25) is 0 Å². The van der Waals surface area contributed by atoms with Crippen LogP contribution in [-0.4, -0.2) is 15.0 Å². The fourth-order valence-corrected chi connectivity index (χ4v) is 6.75. The minimum Gasteiger partial charge on any atom is -0.456 e. The molecule has 0 N–H and O–H groups in total. The average Bonchev–Trinajstić information content (AvgIpc) is 3.58. The Bertz CT molecular complexity index is 2540. The molecule has 0 bridgehead atoms. The lowest BCUT2D eigenvalue weighted by Crippen LogP contribution is -2.10. The minimum atomic E-state index is 0.621. The van der Waals surface area contributed by atoms with Crippen molar-refractivity contribution in [3.8, 4) is 33.9 Å². The van der Waals surface area contributed by atoms with E-state index in [-0.39, 0.29) is 0 Å². The first-order chi connectivity index (χ1) is 24.8. The molecule has 2 aromatic heterocycles. The monoisotopic (exact) mass is 644 g/mol. The molecule has 0 amide bonds. The third kappa shape index (κ3) is 5.55. The van der Waals surface area contributed by atoms with Crippen LogP contribution in [0.25, 0.3) is 61.4 Å². The molecule has 0 unspecified atom stereocenters. The number of nitrogens with zero attached hydrogens (tertiary/aromatic N) is 4. The zero-order valence-electron chi connectivity index (χ0n) is 27.3. The number of hydrogen-bond acceptors (Lipinski definition) is 5. The molecule has 9 rings (SSSR count). The molecule has 0 saturated carbocycles. The number of rotatable bonds is 7. The van der Waals surface area contributed by atoms with E-state index in [1.54, 1.807) is 0 Å². The molecule has 0 saturated heterocycles. The van der Waals surface area contributed by atoms with Crippen LogP contribution in [-0.2, 0) is 0 Å².